The van der Waals surface area contributed by atoms with Gasteiger partial charge in [0.1, 0.15) is 0 Å². The summed E-state index contributed by atoms with van der Waals surface area (Å²) in [6.45, 7) is 4.80. The van der Waals surface area contributed by atoms with E-state index >= 15 is 0 Å². The zero-order chi connectivity index (χ0) is 21.5. The predicted molar refractivity (Wildman–Crippen MR) is 101 cm³/mol. The van der Waals surface area contributed by atoms with Crippen LogP contribution in [-0.2, 0) is 6.18 Å². The number of nitro benzene ring substituents is 1. The lowest BCUT2D eigenvalue weighted by Crippen LogP contribution is -2.16. The number of carbonyl (C=O) groups excluding carboxylic acids is 1. The third-order valence-corrected chi connectivity index (χ3v) is 4.39. The van der Waals surface area contributed by atoms with Crippen LogP contribution >= 0.6 is 0 Å². The van der Waals surface area contributed by atoms with Crippen molar-refractivity contribution in [2.45, 2.75) is 33.0 Å². The standard InChI is InChI=1S/C19H17F3N4O3/c1-10(2)25-15-7-5-12(8-14(15)24-18(25)19(20,21)22)17(27)23-13-6-4-11(3)16(9-13)26(28)29/h4-10H,1-3H3,(H,23,27). The largest absolute Gasteiger partial charge is 0.449 e. The van der Waals surface area contributed by atoms with E-state index in [0.717, 1.165) is 4.57 Å². The van der Waals surface area contributed by atoms with Gasteiger partial charge in [0.25, 0.3) is 11.6 Å². The van der Waals surface area contributed by atoms with Gasteiger partial charge >= 0.3 is 6.18 Å². The Kier molecular flexibility index (Phi) is 5.04. The Labute approximate surface area is 163 Å². The van der Waals surface area contributed by atoms with Crippen molar-refractivity contribution in [1.29, 1.82) is 0 Å². The van der Waals surface area contributed by atoms with Crippen molar-refractivity contribution in [2.75, 3.05) is 5.32 Å². The number of fused-ring (bicyclic) bond motifs is 1. The lowest BCUT2D eigenvalue weighted by molar-refractivity contribution is -0.385. The number of hydrogen-bond acceptors (Lipinski definition) is 4. The molecule has 0 saturated carbocycles. The average Bonchev–Trinajstić information content (AvgIpc) is 3.02. The van der Waals surface area contributed by atoms with E-state index in [4.69, 9.17) is 0 Å². The van der Waals surface area contributed by atoms with Crippen LogP contribution in [0.2, 0.25) is 0 Å². The summed E-state index contributed by atoms with van der Waals surface area (Å²) in [5.74, 6) is -1.65. The first kappa shape index (κ1) is 20.3. The second-order valence-corrected chi connectivity index (χ2v) is 6.81. The summed E-state index contributed by atoms with van der Waals surface area (Å²) in [6, 6.07) is 7.81. The maximum atomic E-state index is 13.3. The molecule has 3 rings (SSSR count). The number of hydrogen-bond donors (Lipinski definition) is 1. The third kappa shape index (κ3) is 3.91. The number of nitrogens with zero attached hydrogens (tertiary/aromatic N) is 3. The third-order valence-electron chi connectivity index (χ3n) is 4.39. The Morgan fingerprint density at radius 2 is 1.90 bits per heavy atom. The van der Waals surface area contributed by atoms with Gasteiger partial charge in [-0.2, -0.15) is 13.2 Å². The number of alkyl halides is 3. The van der Waals surface area contributed by atoms with Crippen LogP contribution in [0.25, 0.3) is 11.0 Å². The number of aromatic nitrogens is 2. The molecule has 2 aromatic carbocycles. The first-order valence-corrected chi connectivity index (χ1v) is 8.64. The summed E-state index contributed by atoms with van der Waals surface area (Å²) in [7, 11) is 0. The predicted octanol–water partition coefficient (Wildman–Crippen LogP) is 5.10. The molecule has 0 unspecified atom stereocenters. The first-order chi connectivity index (χ1) is 13.5. The van der Waals surface area contributed by atoms with Gasteiger partial charge in [-0.05, 0) is 45.0 Å². The fourth-order valence-electron chi connectivity index (χ4n) is 3.05. The molecule has 1 amide bonds. The smallest absolute Gasteiger partial charge is 0.322 e. The molecule has 0 aliphatic carbocycles. The number of nitrogens with one attached hydrogen (secondary N) is 1. The quantitative estimate of drug-likeness (QED) is 0.482. The number of anilines is 1. The topological polar surface area (TPSA) is 90.1 Å². The molecule has 0 spiro atoms. The van der Waals surface area contributed by atoms with Crippen LogP contribution in [0.1, 0.15) is 41.6 Å². The molecule has 0 fully saturated rings. The Morgan fingerprint density at radius 1 is 1.21 bits per heavy atom. The fraction of sp³-hybridized carbons (Fsp3) is 0.263. The molecule has 29 heavy (non-hydrogen) atoms. The minimum Gasteiger partial charge on any atom is -0.322 e. The van der Waals surface area contributed by atoms with Gasteiger partial charge in [0.15, 0.2) is 0 Å². The van der Waals surface area contributed by atoms with Gasteiger partial charge in [0.05, 0.1) is 16.0 Å². The van der Waals surface area contributed by atoms with Gasteiger partial charge in [0.2, 0.25) is 5.82 Å². The van der Waals surface area contributed by atoms with Crippen LogP contribution in [0, 0.1) is 17.0 Å². The molecule has 0 bridgehead atoms. The van der Waals surface area contributed by atoms with Crippen LogP contribution in [0.5, 0.6) is 0 Å². The van der Waals surface area contributed by atoms with E-state index in [1.54, 1.807) is 20.8 Å². The number of benzene rings is 2. The lowest BCUT2D eigenvalue weighted by Gasteiger charge is -2.14. The van der Waals surface area contributed by atoms with E-state index in [2.05, 4.69) is 10.3 Å². The number of aryl methyl sites for hydroxylation is 1. The van der Waals surface area contributed by atoms with Gasteiger partial charge in [-0.15, -0.1) is 0 Å². The van der Waals surface area contributed by atoms with Gasteiger partial charge in [0, 0.05) is 28.9 Å². The Hall–Kier alpha value is -3.43. The summed E-state index contributed by atoms with van der Waals surface area (Å²) in [4.78, 5) is 26.7. The monoisotopic (exact) mass is 406 g/mol. The molecule has 0 atom stereocenters. The second-order valence-electron chi connectivity index (χ2n) is 6.81. The Morgan fingerprint density at radius 3 is 2.48 bits per heavy atom. The van der Waals surface area contributed by atoms with E-state index in [0.29, 0.717) is 5.56 Å². The van der Waals surface area contributed by atoms with E-state index in [1.165, 1.54) is 36.4 Å². The van der Waals surface area contributed by atoms with E-state index in [1.807, 2.05) is 0 Å². The van der Waals surface area contributed by atoms with Crippen LogP contribution in [0.3, 0.4) is 0 Å². The summed E-state index contributed by atoms with van der Waals surface area (Å²) in [6.07, 6.45) is -4.63. The molecule has 1 heterocycles. The lowest BCUT2D eigenvalue weighted by atomic mass is 10.1. The Bertz CT molecular complexity index is 1120. The minimum absolute atomic E-state index is 0.0357. The zero-order valence-corrected chi connectivity index (χ0v) is 15.7. The molecular formula is C19H17F3N4O3. The van der Waals surface area contributed by atoms with E-state index in [-0.39, 0.29) is 28.0 Å². The summed E-state index contributed by atoms with van der Waals surface area (Å²) in [5, 5.41) is 13.6. The SMILES string of the molecule is Cc1ccc(NC(=O)c2ccc3c(c2)nc(C(F)(F)F)n3C(C)C)cc1[N+](=O)[O-]. The molecule has 0 aliphatic heterocycles. The number of rotatable bonds is 4. The number of imidazole rings is 1. The fourth-order valence-corrected chi connectivity index (χ4v) is 3.05. The van der Waals surface area contributed by atoms with E-state index in [9.17, 15) is 28.1 Å². The summed E-state index contributed by atoms with van der Waals surface area (Å²) < 4.78 is 41.0. The highest BCUT2D eigenvalue weighted by atomic mass is 19.4. The molecule has 0 radical (unpaired) electrons. The molecule has 3 aromatic rings. The number of carbonyl (C=O) groups is 1. The maximum Gasteiger partial charge on any atom is 0.449 e. The minimum atomic E-state index is -4.63. The Balaban J connectivity index is 1.97. The normalized spacial score (nSPS) is 11.8. The van der Waals surface area contributed by atoms with Crippen LogP contribution in [-0.4, -0.2) is 20.4 Å². The highest BCUT2D eigenvalue weighted by molar-refractivity contribution is 6.06. The zero-order valence-electron chi connectivity index (χ0n) is 15.7. The highest BCUT2D eigenvalue weighted by Crippen LogP contribution is 2.34. The summed E-state index contributed by atoms with van der Waals surface area (Å²) in [5.41, 5.74) is 0.874. The average molecular weight is 406 g/mol. The van der Waals surface area contributed by atoms with E-state index < -0.39 is 28.9 Å². The van der Waals surface area contributed by atoms with Crippen LogP contribution in [0.15, 0.2) is 36.4 Å². The van der Waals surface area contributed by atoms with Gasteiger partial charge in [-0.3, -0.25) is 14.9 Å². The molecule has 1 N–H and O–H groups in total. The number of halogens is 3. The van der Waals surface area contributed by atoms with Crippen molar-refractivity contribution in [1.82, 2.24) is 9.55 Å². The molecule has 10 heteroatoms. The molecule has 0 aliphatic rings. The molecule has 7 nitrogen and oxygen atoms in total. The van der Waals surface area contributed by atoms with Crippen molar-refractivity contribution in [3.05, 3.63) is 63.5 Å². The van der Waals surface area contributed by atoms with Crippen molar-refractivity contribution >= 4 is 28.3 Å². The highest BCUT2D eigenvalue weighted by Gasteiger charge is 2.38. The van der Waals surface area contributed by atoms with Crippen molar-refractivity contribution in [3.63, 3.8) is 0 Å². The second kappa shape index (κ2) is 7.19. The first-order valence-electron chi connectivity index (χ1n) is 8.64. The molecule has 152 valence electrons. The van der Waals surface area contributed by atoms with Gasteiger partial charge < -0.3 is 9.88 Å². The molecule has 0 saturated heterocycles. The number of nitro groups is 1. The maximum absolute atomic E-state index is 13.3. The van der Waals surface area contributed by atoms with Gasteiger partial charge in [-0.25, -0.2) is 4.98 Å². The molecule has 1 aromatic heterocycles. The van der Waals surface area contributed by atoms with Crippen molar-refractivity contribution in [2.24, 2.45) is 0 Å². The summed E-state index contributed by atoms with van der Waals surface area (Å²) >= 11 is 0. The number of amides is 1. The van der Waals surface area contributed by atoms with Crippen molar-refractivity contribution < 1.29 is 22.9 Å². The van der Waals surface area contributed by atoms with Gasteiger partial charge in [-0.1, -0.05) is 6.07 Å². The molecular weight excluding hydrogens is 389 g/mol. The van der Waals surface area contributed by atoms with Crippen LogP contribution in [0.4, 0.5) is 24.5 Å². The van der Waals surface area contributed by atoms with Crippen molar-refractivity contribution in [3.8, 4) is 0 Å². The van der Waals surface area contributed by atoms with Crippen LogP contribution < -0.4 is 5.32 Å².